The molecular weight excluding hydrogens is 170 g/mol. The maximum absolute atomic E-state index is 11.1. The molecule has 0 saturated heterocycles. The molecule has 0 aliphatic carbocycles. The van der Waals surface area contributed by atoms with Crippen LogP contribution in [0.25, 0.3) is 0 Å². The fourth-order valence-electron chi connectivity index (χ4n) is 1.10. The van der Waals surface area contributed by atoms with E-state index < -0.39 is 0 Å². The fraction of sp³-hybridized carbons (Fsp3) is 0.889. The number of ether oxygens (including phenoxy) is 1. The van der Waals surface area contributed by atoms with Crippen molar-refractivity contribution in [2.75, 3.05) is 40.0 Å². The summed E-state index contributed by atoms with van der Waals surface area (Å²) in [7, 11) is 1.52. The standard InChI is InChI=1S/C9H19NO3/c1-3-10(5-4-6-11)7-9(12)8-13-2/h11H,3-8H2,1-2H3. The van der Waals surface area contributed by atoms with Crippen molar-refractivity contribution in [2.24, 2.45) is 0 Å². The number of hydrogen-bond acceptors (Lipinski definition) is 4. The normalized spacial score (nSPS) is 10.8. The van der Waals surface area contributed by atoms with Gasteiger partial charge in [-0.15, -0.1) is 0 Å². The third kappa shape index (κ3) is 6.69. The van der Waals surface area contributed by atoms with E-state index in [1.807, 2.05) is 11.8 Å². The lowest BCUT2D eigenvalue weighted by atomic mass is 10.3. The molecule has 0 aliphatic heterocycles. The van der Waals surface area contributed by atoms with Crippen molar-refractivity contribution in [2.45, 2.75) is 13.3 Å². The largest absolute Gasteiger partial charge is 0.396 e. The van der Waals surface area contributed by atoms with E-state index in [9.17, 15) is 4.79 Å². The molecule has 0 bridgehead atoms. The van der Waals surface area contributed by atoms with Gasteiger partial charge in [0, 0.05) is 20.3 Å². The van der Waals surface area contributed by atoms with Crippen molar-refractivity contribution >= 4 is 5.78 Å². The van der Waals surface area contributed by atoms with Crippen LogP contribution in [0.4, 0.5) is 0 Å². The monoisotopic (exact) mass is 189 g/mol. The van der Waals surface area contributed by atoms with Crippen LogP contribution in [-0.4, -0.2) is 55.7 Å². The molecule has 0 spiro atoms. The number of aliphatic hydroxyl groups is 1. The van der Waals surface area contributed by atoms with Crippen LogP contribution in [0.15, 0.2) is 0 Å². The van der Waals surface area contributed by atoms with Crippen molar-refractivity contribution in [1.29, 1.82) is 0 Å². The Balaban J connectivity index is 3.62. The van der Waals surface area contributed by atoms with Gasteiger partial charge in [0.25, 0.3) is 0 Å². The third-order valence-electron chi connectivity index (χ3n) is 1.78. The molecule has 0 radical (unpaired) electrons. The van der Waals surface area contributed by atoms with Crippen LogP contribution >= 0.6 is 0 Å². The van der Waals surface area contributed by atoms with Gasteiger partial charge < -0.3 is 9.84 Å². The number of hydrogen-bond donors (Lipinski definition) is 1. The number of nitrogens with zero attached hydrogens (tertiary/aromatic N) is 1. The quantitative estimate of drug-likeness (QED) is 0.579. The van der Waals surface area contributed by atoms with E-state index >= 15 is 0 Å². The molecule has 4 heteroatoms. The van der Waals surface area contributed by atoms with Gasteiger partial charge in [0.15, 0.2) is 5.78 Å². The van der Waals surface area contributed by atoms with Gasteiger partial charge in [-0.2, -0.15) is 0 Å². The van der Waals surface area contributed by atoms with Crippen LogP contribution in [0.3, 0.4) is 0 Å². The van der Waals surface area contributed by atoms with Crippen molar-refractivity contribution < 1.29 is 14.6 Å². The van der Waals surface area contributed by atoms with E-state index in [2.05, 4.69) is 0 Å². The zero-order valence-electron chi connectivity index (χ0n) is 8.45. The second-order valence-electron chi connectivity index (χ2n) is 2.92. The molecule has 0 amide bonds. The topological polar surface area (TPSA) is 49.8 Å². The summed E-state index contributed by atoms with van der Waals surface area (Å²) in [5.41, 5.74) is 0. The van der Waals surface area contributed by atoms with Gasteiger partial charge in [-0.25, -0.2) is 0 Å². The van der Waals surface area contributed by atoms with Crippen molar-refractivity contribution in [3.05, 3.63) is 0 Å². The first-order valence-corrected chi connectivity index (χ1v) is 4.58. The number of Topliss-reactive ketones (excluding diaryl/α,β-unsaturated/α-hetero) is 1. The Bertz CT molecular complexity index is 139. The van der Waals surface area contributed by atoms with Crippen molar-refractivity contribution in [3.8, 4) is 0 Å². The van der Waals surface area contributed by atoms with E-state index in [1.165, 1.54) is 7.11 Å². The zero-order valence-corrected chi connectivity index (χ0v) is 8.45. The summed E-state index contributed by atoms with van der Waals surface area (Å²) < 4.78 is 4.73. The van der Waals surface area contributed by atoms with Gasteiger partial charge in [0.05, 0.1) is 6.54 Å². The van der Waals surface area contributed by atoms with Crippen LogP contribution in [0.2, 0.25) is 0 Å². The van der Waals surface area contributed by atoms with Crippen LogP contribution in [-0.2, 0) is 9.53 Å². The Labute approximate surface area is 79.5 Å². The van der Waals surface area contributed by atoms with Gasteiger partial charge >= 0.3 is 0 Å². The van der Waals surface area contributed by atoms with Crippen LogP contribution < -0.4 is 0 Å². The molecule has 0 heterocycles. The summed E-state index contributed by atoms with van der Waals surface area (Å²) in [5.74, 6) is 0.0855. The number of ketones is 1. The molecule has 0 aromatic rings. The number of carbonyl (C=O) groups is 1. The molecule has 13 heavy (non-hydrogen) atoms. The molecule has 0 fully saturated rings. The minimum absolute atomic E-state index is 0.0855. The fourth-order valence-corrected chi connectivity index (χ4v) is 1.10. The number of aliphatic hydroxyl groups excluding tert-OH is 1. The lowest BCUT2D eigenvalue weighted by Crippen LogP contribution is -2.32. The van der Waals surface area contributed by atoms with E-state index in [0.29, 0.717) is 13.0 Å². The molecule has 0 aliphatic rings. The van der Waals surface area contributed by atoms with Gasteiger partial charge in [-0.1, -0.05) is 6.92 Å². The minimum atomic E-state index is 0.0855. The molecule has 4 nitrogen and oxygen atoms in total. The Hall–Kier alpha value is -0.450. The molecule has 0 aromatic carbocycles. The second-order valence-corrected chi connectivity index (χ2v) is 2.92. The predicted octanol–water partition coefficient (Wildman–Crippen LogP) is -0.0938. The number of rotatable bonds is 8. The predicted molar refractivity (Wildman–Crippen MR) is 50.7 cm³/mol. The summed E-state index contributed by atoms with van der Waals surface area (Å²) in [4.78, 5) is 13.1. The molecule has 0 rings (SSSR count). The average Bonchev–Trinajstić information content (AvgIpc) is 2.12. The smallest absolute Gasteiger partial charge is 0.172 e. The minimum Gasteiger partial charge on any atom is -0.396 e. The highest BCUT2D eigenvalue weighted by molar-refractivity contribution is 5.81. The van der Waals surface area contributed by atoms with Gasteiger partial charge in [0.1, 0.15) is 6.61 Å². The Morgan fingerprint density at radius 2 is 2.23 bits per heavy atom. The SMILES string of the molecule is CCN(CCCO)CC(=O)COC. The highest BCUT2D eigenvalue weighted by Gasteiger charge is 2.07. The highest BCUT2D eigenvalue weighted by atomic mass is 16.5. The summed E-state index contributed by atoms with van der Waals surface area (Å²) in [6.45, 7) is 4.37. The lowest BCUT2D eigenvalue weighted by Gasteiger charge is -2.18. The molecule has 0 aromatic heterocycles. The molecule has 0 saturated carbocycles. The Morgan fingerprint density at radius 1 is 1.54 bits per heavy atom. The van der Waals surface area contributed by atoms with Gasteiger partial charge in [-0.3, -0.25) is 9.69 Å². The number of likely N-dealkylation sites (N-methyl/N-ethyl adjacent to an activating group) is 1. The average molecular weight is 189 g/mol. The molecule has 0 unspecified atom stereocenters. The summed E-state index contributed by atoms with van der Waals surface area (Å²) in [6, 6.07) is 0. The summed E-state index contributed by atoms with van der Waals surface area (Å²) in [5, 5.41) is 8.61. The first-order valence-electron chi connectivity index (χ1n) is 4.58. The van der Waals surface area contributed by atoms with Crippen LogP contribution in [0.5, 0.6) is 0 Å². The van der Waals surface area contributed by atoms with E-state index in [4.69, 9.17) is 9.84 Å². The first kappa shape index (κ1) is 12.6. The van der Waals surface area contributed by atoms with E-state index in [1.54, 1.807) is 0 Å². The van der Waals surface area contributed by atoms with Crippen molar-refractivity contribution in [3.63, 3.8) is 0 Å². The van der Waals surface area contributed by atoms with Gasteiger partial charge in [-0.05, 0) is 13.0 Å². The Morgan fingerprint density at radius 3 is 2.69 bits per heavy atom. The number of methoxy groups -OCH3 is 1. The molecule has 1 N–H and O–H groups in total. The van der Waals surface area contributed by atoms with E-state index in [-0.39, 0.29) is 19.0 Å². The summed E-state index contributed by atoms with van der Waals surface area (Å²) >= 11 is 0. The number of carbonyl (C=O) groups excluding carboxylic acids is 1. The third-order valence-corrected chi connectivity index (χ3v) is 1.78. The Kier molecular flexibility index (Phi) is 7.88. The summed E-state index contributed by atoms with van der Waals surface area (Å²) in [6.07, 6.45) is 0.716. The van der Waals surface area contributed by atoms with Crippen molar-refractivity contribution in [1.82, 2.24) is 4.90 Å². The maximum Gasteiger partial charge on any atom is 0.172 e. The first-order chi connectivity index (χ1) is 6.24. The van der Waals surface area contributed by atoms with Gasteiger partial charge in [0.2, 0.25) is 0 Å². The van der Waals surface area contributed by atoms with E-state index in [0.717, 1.165) is 13.1 Å². The van der Waals surface area contributed by atoms with Crippen LogP contribution in [0.1, 0.15) is 13.3 Å². The van der Waals surface area contributed by atoms with Crippen LogP contribution in [0, 0.1) is 0 Å². The highest BCUT2D eigenvalue weighted by Crippen LogP contribution is 1.91. The molecule has 0 atom stereocenters. The molecule has 78 valence electrons. The lowest BCUT2D eigenvalue weighted by molar-refractivity contribution is -0.123. The maximum atomic E-state index is 11.1. The second kappa shape index (κ2) is 8.16. The molecular formula is C9H19NO3. The zero-order chi connectivity index (χ0) is 10.1.